The van der Waals surface area contributed by atoms with Crippen molar-refractivity contribution in [1.82, 2.24) is 10.6 Å². The number of furan rings is 1. The van der Waals surface area contributed by atoms with Crippen LogP contribution in [-0.4, -0.2) is 18.5 Å². The molecule has 0 radical (unpaired) electrons. The lowest BCUT2D eigenvalue weighted by Crippen LogP contribution is -2.88. The van der Waals surface area contributed by atoms with Gasteiger partial charge in [-0.3, -0.25) is 10.1 Å². The van der Waals surface area contributed by atoms with Gasteiger partial charge in [0, 0.05) is 11.5 Å². The Bertz CT molecular complexity index is 722. The van der Waals surface area contributed by atoms with Crippen LogP contribution in [0.4, 0.5) is 4.79 Å². The molecule has 1 atom stereocenters. The minimum atomic E-state index is -0.521. The van der Waals surface area contributed by atoms with Crippen LogP contribution < -0.4 is 16.0 Å². The fourth-order valence-electron chi connectivity index (χ4n) is 2.93. The van der Waals surface area contributed by atoms with Gasteiger partial charge in [0.05, 0.1) is 12.8 Å². The van der Waals surface area contributed by atoms with Gasteiger partial charge in [0.15, 0.2) is 6.54 Å². The SMILES string of the molecule is CC(C)c1ccc([C@H]([NH2+]CC(=O)NC(=O)NCc2ccco2)C(C)C)cc1. The number of benzene rings is 1. The van der Waals surface area contributed by atoms with Crippen LogP contribution in [0.1, 0.15) is 56.5 Å². The Hall–Kier alpha value is -2.60. The van der Waals surface area contributed by atoms with Gasteiger partial charge in [0.1, 0.15) is 11.8 Å². The monoisotopic (exact) mass is 372 g/mol. The lowest BCUT2D eigenvalue weighted by molar-refractivity contribution is -0.692. The van der Waals surface area contributed by atoms with Gasteiger partial charge in [-0.2, -0.15) is 0 Å². The first-order chi connectivity index (χ1) is 12.9. The molecule has 0 unspecified atom stereocenters. The van der Waals surface area contributed by atoms with Gasteiger partial charge in [-0.25, -0.2) is 4.79 Å². The van der Waals surface area contributed by atoms with Crippen LogP contribution in [0.25, 0.3) is 0 Å². The molecule has 0 saturated heterocycles. The standard InChI is InChI=1S/C21H29N3O3/c1-14(2)16-7-9-17(10-8-16)20(15(3)4)22-13-19(25)24-21(26)23-12-18-6-5-11-27-18/h5-11,14-15,20,22H,12-13H2,1-4H3,(H2,23,24,25,26)/p+1/t20-/m1/s1. The summed E-state index contributed by atoms with van der Waals surface area (Å²) < 4.78 is 5.13. The predicted octanol–water partition coefficient (Wildman–Crippen LogP) is 2.69. The predicted molar refractivity (Wildman–Crippen MR) is 104 cm³/mol. The smallest absolute Gasteiger partial charge is 0.321 e. The molecule has 2 rings (SSSR count). The first-order valence-corrected chi connectivity index (χ1v) is 9.40. The molecule has 0 aliphatic heterocycles. The van der Waals surface area contributed by atoms with Crippen molar-refractivity contribution in [3.05, 3.63) is 59.5 Å². The zero-order valence-electron chi connectivity index (χ0n) is 16.5. The summed E-state index contributed by atoms with van der Waals surface area (Å²) in [6.45, 7) is 9.03. The number of imide groups is 1. The normalized spacial score (nSPS) is 12.2. The number of rotatable bonds is 8. The molecule has 0 spiro atoms. The van der Waals surface area contributed by atoms with E-state index in [-0.39, 0.29) is 25.0 Å². The first kappa shape index (κ1) is 20.7. The summed E-state index contributed by atoms with van der Waals surface area (Å²) in [7, 11) is 0. The van der Waals surface area contributed by atoms with E-state index in [2.05, 4.69) is 62.6 Å². The van der Waals surface area contributed by atoms with E-state index in [1.165, 1.54) is 17.4 Å². The van der Waals surface area contributed by atoms with Crippen molar-refractivity contribution in [3.8, 4) is 0 Å². The van der Waals surface area contributed by atoms with E-state index in [1.54, 1.807) is 12.1 Å². The van der Waals surface area contributed by atoms with Gasteiger partial charge >= 0.3 is 6.03 Å². The summed E-state index contributed by atoms with van der Waals surface area (Å²) >= 11 is 0. The molecule has 1 aromatic carbocycles. The van der Waals surface area contributed by atoms with Crippen LogP contribution in [0, 0.1) is 5.92 Å². The van der Waals surface area contributed by atoms with Crippen LogP contribution in [0.3, 0.4) is 0 Å². The number of hydrogen-bond donors (Lipinski definition) is 3. The molecule has 6 nitrogen and oxygen atoms in total. The number of quaternary nitrogens is 1. The third kappa shape index (κ3) is 6.57. The molecule has 3 amide bonds. The molecule has 0 aliphatic rings. The molecule has 1 heterocycles. The number of amides is 3. The molecular weight excluding hydrogens is 342 g/mol. The number of carbonyl (C=O) groups is 2. The average Bonchev–Trinajstić information content (AvgIpc) is 3.14. The van der Waals surface area contributed by atoms with E-state index in [4.69, 9.17) is 4.42 Å². The third-order valence-electron chi connectivity index (χ3n) is 4.52. The van der Waals surface area contributed by atoms with Crippen molar-refractivity contribution in [2.45, 2.75) is 46.2 Å². The highest BCUT2D eigenvalue weighted by atomic mass is 16.3. The highest BCUT2D eigenvalue weighted by Gasteiger charge is 2.21. The summed E-state index contributed by atoms with van der Waals surface area (Å²) in [6, 6.07) is 11.7. The Labute approximate surface area is 160 Å². The van der Waals surface area contributed by atoms with Crippen molar-refractivity contribution in [2.75, 3.05) is 6.54 Å². The molecule has 4 N–H and O–H groups in total. The highest BCUT2D eigenvalue weighted by Crippen LogP contribution is 2.21. The van der Waals surface area contributed by atoms with Crippen LogP contribution >= 0.6 is 0 Å². The molecule has 0 fully saturated rings. The van der Waals surface area contributed by atoms with Gasteiger partial charge < -0.3 is 15.1 Å². The van der Waals surface area contributed by atoms with Crippen molar-refractivity contribution < 1.29 is 19.3 Å². The summed E-state index contributed by atoms with van der Waals surface area (Å²) in [5.41, 5.74) is 2.48. The largest absolute Gasteiger partial charge is 0.467 e. The van der Waals surface area contributed by atoms with Crippen molar-refractivity contribution in [3.63, 3.8) is 0 Å². The Morgan fingerprint density at radius 1 is 1.04 bits per heavy atom. The van der Waals surface area contributed by atoms with E-state index in [9.17, 15) is 9.59 Å². The van der Waals surface area contributed by atoms with E-state index >= 15 is 0 Å². The first-order valence-electron chi connectivity index (χ1n) is 9.40. The maximum absolute atomic E-state index is 12.1. The van der Waals surface area contributed by atoms with Crippen molar-refractivity contribution in [1.29, 1.82) is 0 Å². The number of urea groups is 1. The fourth-order valence-corrected chi connectivity index (χ4v) is 2.93. The van der Waals surface area contributed by atoms with E-state index in [1.807, 2.05) is 5.32 Å². The molecule has 0 saturated carbocycles. The summed E-state index contributed by atoms with van der Waals surface area (Å²) in [6.07, 6.45) is 1.54. The van der Waals surface area contributed by atoms with Crippen molar-refractivity contribution >= 4 is 11.9 Å². The summed E-state index contributed by atoms with van der Waals surface area (Å²) in [4.78, 5) is 23.9. The van der Waals surface area contributed by atoms with Gasteiger partial charge in [-0.05, 0) is 23.6 Å². The highest BCUT2D eigenvalue weighted by molar-refractivity contribution is 5.94. The molecule has 0 aliphatic carbocycles. The number of carbonyl (C=O) groups excluding carboxylic acids is 2. The fraction of sp³-hybridized carbons (Fsp3) is 0.429. The Kier molecular flexibility index (Phi) is 7.61. The molecule has 27 heavy (non-hydrogen) atoms. The minimum absolute atomic E-state index is 0.156. The van der Waals surface area contributed by atoms with E-state index in [0.717, 1.165) is 0 Å². The molecule has 2 aromatic rings. The zero-order chi connectivity index (χ0) is 19.8. The zero-order valence-corrected chi connectivity index (χ0v) is 16.5. The number of nitrogens with one attached hydrogen (secondary N) is 2. The Morgan fingerprint density at radius 2 is 1.70 bits per heavy atom. The lowest BCUT2D eigenvalue weighted by atomic mass is 9.93. The lowest BCUT2D eigenvalue weighted by Gasteiger charge is -2.20. The second-order valence-electron chi connectivity index (χ2n) is 7.34. The maximum Gasteiger partial charge on any atom is 0.321 e. The Balaban J connectivity index is 1.83. The molecule has 6 heteroatoms. The van der Waals surface area contributed by atoms with Gasteiger partial charge in [0.2, 0.25) is 0 Å². The number of hydrogen-bond acceptors (Lipinski definition) is 3. The van der Waals surface area contributed by atoms with E-state index < -0.39 is 6.03 Å². The molecule has 0 bridgehead atoms. The quantitative estimate of drug-likeness (QED) is 0.666. The third-order valence-corrected chi connectivity index (χ3v) is 4.52. The van der Waals surface area contributed by atoms with Gasteiger partial charge in [0.25, 0.3) is 5.91 Å². The summed E-state index contributed by atoms with van der Waals surface area (Å²) in [5.74, 6) is 1.16. The average molecular weight is 372 g/mol. The van der Waals surface area contributed by atoms with Crippen molar-refractivity contribution in [2.24, 2.45) is 5.92 Å². The number of nitrogens with two attached hydrogens (primary N) is 1. The molecule has 1 aromatic heterocycles. The van der Waals surface area contributed by atoms with Crippen LogP contribution in [0.15, 0.2) is 47.1 Å². The van der Waals surface area contributed by atoms with Gasteiger partial charge in [-0.15, -0.1) is 0 Å². The second kappa shape index (κ2) is 9.92. The molecular formula is C21H30N3O3+. The Morgan fingerprint density at radius 3 is 2.26 bits per heavy atom. The van der Waals surface area contributed by atoms with Crippen LogP contribution in [0.2, 0.25) is 0 Å². The minimum Gasteiger partial charge on any atom is -0.467 e. The second-order valence-corrected chi connectivity index (χ2v) is 7.34. The maximum atomic E-state index is 12.1. The van der Waals surface area contributed by atoms with Crippen LogP contribution in [0.5, 0.6) is 0 Å². The molecule has 146 valence electrons. The summed E-state index contributed by atoms with van der Waals surface area (Å²) in [5, 5.41) is 6.92. The van der Waals surface area contributed by atoms with Gasteiger partial charge in [-0.1, -0.05) is 52.0 Å². The topological polar surface area (TPSA) is 88.0 Å². The van der Waals surface area contributed by atoms with E-state index in [0.29, 0.717) is 17.6 Å². The van der Waals surface area contributed by atoms with Crippen LogP contribution in [-0.2, 0) is 11.3 Å².